The molecule has 0 aliphatic heterocycles. The summed E-state index contributed by atoms with van der Waals surface area (Å²) in [7, 11) is 0. The molecule has 0 aromatic heterocycles. The van der Waals surface area contributed by atoms with Crippen molar-refractivity contribution in [3.63, 3.8) is 0 Å². The average molecular weight is 274 g/mol. The molecule has 2 N–H and O–H groups in total. The van der Waals surface area contributed by atoms with Crippen LogP contribution in [-0.2, 0) is 11.3 Å². The van der Waals surface area contributed by atoms with E-state index in [4.69, 9.17) is 0 Å². The van der Waals surface area contributed by atoms with Gasteiger partial charge in [-0.1, -0.05) is 44.7 Å². The first kappa shape index (κ1) is 15.0. The molecule has 3 nitrogen and oxygen atoms in total. The zero-order valence-electron chi connectivity index (χ0n) is 12.5. The molecule has 1 aliphatic carbocycles. The largest absolute Gasteiger partial charge is 0.326 e. The number of hydrogen-bond acceptors (Lipinski definition) is 2. The van der Waals surface area contributed by atoms with Gasteiger partial charge in [-0.3, -0.25) is 4.79 Å². The molecule has 0 unspecified atom stereocenters. The SMILES string of the molecule is CCNCc1ccc(NC(=O)C2CCCCCC2)cc1. The second-order valence-corrected chi connectivity index (χ2v) is 5.65. The van der Waals surface area contributed by atoms with Crippen LogP contribution in [0.1, 0.15) is 51.0 Å². The van der Waals surface area contributed by atoms with E-state index < -0.39 is 0 Å². The van der Waals surface area contributed by atoms with Crippen molar-refractivity contribution < 1.29 is 4.79 Å². The van der Waals surface area contributed by atoms with Crippen LogP contribution in [0.5, 0.6) is 0 Å². The lowest BCUT2D eigenvalue weighted by molar-refractivity contribution is -0.120. The second-order valence-electron chi connectivity index (χ2n) is 5.65. The van der Waals surface area contributed by atoms with Gasteiger partial charge in [0.15, 0.2) is 0 Å². The minimum absolute atomic E-state index is 0.200. The highest BCUT2D eigenvalue weighted by Gasteiger charge is 2.19. The Kier molecular flexibility index (Phi) is 6.06. The van der Waals surface area contributed by atoms with Crippen molar-refractivity contribution in [2.45, 2.75) is 52.0 Å². The van der Waals surface area contributed by atoms with Crippen LogP contribution < -0.4 is 10.6 Å². The van der Waals surface area contributed by atoms with Gasteiger partial charge in [0, 0.05) is 18.2 Å². The molecule has 1 aliphatic rings. The van der Waals surface area contributed by atoms with Crippen LogP contribution in [0.4, 0.5) is 5.69 Å². The van der Waals surface area contributed by atoms with Crippen molar-refractivity contribution in [3.05, 3.63) is 29.8 Å². The lowest BCUT2D eigenvalue weighted by Crippen LogP contribution is -2.22. The molecule has 0 atom stereocenters. The molecule has 2 rings (SSSR count). The number of rotatable bonds is 5. The number of amides is 1. The summed E-state index contributed by atoms with van der Waals surface area (Å²) in [5.74, 6) is 0.408. The van der Waals surface area contributed by atoms with Crippen LogP contribution >= 0.6 is 0 Å². The summed E-state index contributed by atoms with van der Waals surface area (Å²) < 4.78 is 0. The van der Waals surface area contributed by atoms with Crippen molar-refractivity contribution in [3.8, 4) is 0 Å². The molecule has 1 aromatic carbocycles. The quantitative estimate of drug-likeness (QED) is 0.804. The van der Waals surface area contributed by atoms with E-state index in [1.165, 1.54) is 31.2 Å². The minimum atomic E-state index is 0.200. The van der Waals surface area contributed by atoms with Crippen molar-refractivity contribution in [2.75, 3.05) is 11.9 Å². The van der Waals surface area contributed by atoms with E-state index in [9.17, 15) is 4.79 Å². The van der Waals surface area contributed by atoms with Crippen LogP contribution in [0.3, 0.4) is 0 Å². The number of benzene rings is 1. The third kappa shape index (κ3) is 4.64. The molecular formula is C17H26N2O. The summed E-state index contributed by atoms with van der Waals surface area (Å²) in [4.78, 5) is 12.3. The second kappa shape index (κ2) is 8.05. The van der Waals surface area contributed by atoms with Gasteiger partial charge in [-0.2, -0.15) is 0 Å². The first-order valence-corrected chi connectivity index (χ1v) is 7.90. The van der Waals surface area contributed by atoms with Gasteiger partial charge in [0.25, 0.3) is 0 Å². The summed E-state index contributed by atoms with van der Waals surface area (Å²) in [6.07, 6.45) is 7.04. The van der Waals surface area contributed by atoms with Crippen LogP contribution in [0.25, 0.3) is 0 Å². The average Bonchev–Trinajstić information content (AvgIpc) is 2.75. The normalized spacial score (nSPS) is 16.6. The maximum absolute atomic E-state index is 12.3. The maximum atomic E-state index is 12.3. The van der Waals surface area contributed by atoms with E-state index in [-0.39, 0.29) is 11.8 Å². The monoisotopic (exact) mass is 274 g/mol. The van der Waals surface area contributed by atoms with E-state index in [0.717, 1.165) is 31.6 Å². The summed E-state index contributed by atoms with van der Waals surface area (Å²) in [6.45, 7) is 3.95. The van der Waals surface area contributed by atoms with Crippen LogP contribution in [-0.4, -0.2) is 12.5 Å². The summed E-state index contributed by atoms with van der Waals surface area (Å²) >= 11 is 0. The molecule has 1 aromatic rings. The zero-order chi connectivity index (χ0) is 14.2. The lowest BCUT2D eigenvalue weighted by Gasteiger charge is -2.14. The molecule has 110 valence electrons. The molecule has 1 amide bonds. The Morgan fingerprint density at radius 1 is 1.10 bits per heavy atom. The fourth-order valence-electron chi connectivity index (χ4n) is 2.76. The van der Waals surface area contributed by atoms with E-state index in [1.54, 1.807) is 0 Å². The minimum Gasteiger partial charge on any atom is -0.326 e. The van der Waals surface area contributed by atoms with Gasteiger partial charge in [-0.05, 0) is 37.1 Å². The topological polar surface area (TPSA) is 41.1 Å². The predicted molar refractivity (Wildman–Crippen MR) is 83.6 cm³/mol. The third-order valence-electron chi connectivity index (χ3n) is 4.03. The fraction of sp³-hybridized carbons (Fsp3) is 0.588. The molecular weight excluding hydrogens is 248 g/mol. The highest BCUT2D eigenvalue weighted by atomic mass is 16.1. The summed E-state index contributed by atoms with van der Waals surface area (Å²) in [5.41, 5.74) is 2.17. The predicted octanol–water partition coefficient (Wildman–Crippen LogP) is 3.71. The molecule has 3 heteroatoms. The van der Waals surface area contributed by atoms with E-state index in [0.29, 0.717) is 0 Å². The van der Waals surface area contributed by atoms with Gasteiger partial charge in [0.1, 0.15) is 0 Å². The van der Waals surface area contributed by atoms with E-state index in [2.05, 4.69) is 29.7 Å². The highest BCUT2D eigenvalue weighted by Crippen LogP contribution is 2.24. The Morgan fingerprint density at radius 3 is 2.35 bits per heavy atom. The van der Waals surface area contributed by atoms with Gasteiger partial charge in [0.05, 0.1) is 0 Å². The Morgan fingerprint density at radius 2 is 1.75 bits per heavy atom. The highest BCUT2D eigenvalue weighted by molar-refractivity contribution is 5.92. The summed E-state index contributed by atoms with van der Waals surface area (Å²) in [6, 6.07) is 8.15. The standard InChI is InChI=1S/C17H26N2O/c1-2-18-13-14-9-11-16(12-10-14)19-17(20)15-7-5-3-4-6-8-15/h9-12,15,18H,2-8,13H2,1H3,(H,19,20). The molecule has 1 fully saturated rings. The molecule has 0 radical (unpaired) electrons. The first-order valence-electron chi connectivity index (χ1n) is 7.90. The van der Waals surface area contributed by atoms with Gasteiger partial charge >= 0.3 is 0 Å². The third-order valence-corrected chi connectivity index (χ3v) is 4.03. The Bertz CT molecular complexity index is 406. The number of hydrogen-bond donors (Lipinski definition) is 2. The first-order chi connectivity index (χ1) is 9.79. The van der Waals surface area contributed by atoms with Gasteiger partial charge in [0.2, 0.25) is 5.91 Å². The molecule has 0 saturated heterocycles. The lowest BCUT2D eigenvalue weighted by atomic mass is 9.99. The Hall–Kier alpha value is -1.35. The van der Waals surface area contributed by atoms with Crippen molar-refractivity contribution in [2.24, 2.45) is 5.92 Å². The van der Waals surface area contributed by atoms with Crippen molar-refractivity contribution in [1.29, 1.82) is 0 Å². The van der Waals surface area contributed by atoms with E-state index in [1.807, 2.05) is 12.1 Å². The number of nitrogens with one attached hydrogen (secondary N) is 2. The summed E-state index contributed by atoms with van der Waals surface area (Å²) in [5, 5.41) is 6.36. The van der Waals surface area contributed by atoms with Crippen LogP contribution in [0.15, 0.2) is 24.3 Å². The van der Waals surface area contributed by atoms with Crippen molar-refractivity contribution >= 4 is 11.6 Å². The van der Waals surface area contributed by atoms with Gasteiger partial charge in [-0.15, -0.1) is 0 Å². The fourth-order valence-corrected chi connectivity index (χ4v) is 2.76. The molecule has 0 bridgehead atoms. The number of anilines is 1. The van der Waals surface area contributed by atoms with Crippen molar-refractivity contribution in [1.82, 2.24) is 5.32 Å². The molecule has 0 heterocycles. The molecule has 1 saturated carbocycles. The Balaban J connectivity index is 1.86. The maximum Gasteiger partial charge on any atom is 0.227 e. The molecule has 20 heavy (non-hydrogen) atoms. The zero-order valence-corrected chi connectivity index (χ0v) is 12.5. The number of carbonyl (C=O) groups excluding carboxylic acids is 1. The van der Waals surface area contributed by atoms with Gasteiger partial charge in [-0.25, -0.2) is 0 Å². The number of carbonyl (C=O) groups is 1. The van der Waals surface area contributed by atoms with Gasteiger partial charge < -0.3 is 10.6 Å². The van der Waals surface area contributed by atoms with Crippen LogP contribution in [0, 0.1) is 5.92 Å². The smallest absolute Gasteiger partial charge is 0.227 e. The van der Waals surface area contributed by atoms with Crippen LogP contribution in [0.2, 0.25) is 0 Å². The molecule has 0 spiro atoms. The van der Waals surface area contributed by atoms with E-state index >= 15 is 0 Å². The Labute approximate surface area is 122 Å².